The fourth-order valence-electron chi connectivity index (χ4n) is 1.94. The lowest BCUT2D eigenvalue weighted by Crippen LogP contribution is -2.13. The zero-order valence-electron chi connectivity index (χ0n) is 8.91. The van der Waals surface area contributed by atoms with E-state index >= 15 is 0 Å². The van der Waals surface area contributed by atoms with Gasteiger partial charge >= 0.3 is 0 Å². The molecule has 1 fully saturated rings. The van der Waals surface area contributed by atoms with Crippen molar-refractivity contribution in [2.45, 2.75) is 31.6 Å². The van der Waals surface area contributed by atoms with Crippen LogP contribution in [0.4, 0.5) is 5.82 Å². The lowest BCUT2D eigenvalue weighted by atomic mass is 10.1. The third-order valence-corrected chi connectivity index (χ3v) is 3.24. The molecule has 1 aliphatic rings. The monoisotopic (exact) mass is 225 g/mol. The van der Waals surface area contributed by atoms with E-state index in [0.29, 0.717) is 11.3 Å². The largest absolute Gasteiger partial charge is 0.368 e. The van der Waals surface area contributed by atoms with Gasteiger partial charge < -0.3 is 5.32 Å². The maximum Gasteiger partial charge on any atom is 0.148 e. The van der Waals surface area contributed by atoms with Crippen LogP contribution in [-0.2, 0) is 0 Å². The van der Waals surface area contributed by atoms with Gasteiger partial charge in [0.05, 0.1) is 5.69 Å². The lowest BCUT2D eigenvalue weighted by molar-refractivity contribution is 0.579. The minimum absolute atomic E-state index is 0.376. The molecule has 3 nitrogen and oxygen atoms in total. The normalized spacial score (nSPS) is 25.5. The molecule has 82 valence electrons. The zero-order chi connectivity index (χ0) is 10.7. The molecule has 4 heteroatoms. The van der Waals surface area contributed by atoms with E-state index in [2.05, 4.69) is 15.5 Å². The average molecular weight is 226 g/mol. The Morgan fingerprint density at radius 2 is 2.27 bits per heavy atom. The van der Waals surface area contributed by atoms with Crippen LogP contribution >= 0.6 is 11.6 Å². The quantitative estimate of drug-likeness (QED) is 0.804. The maximum absolute atomic E-state index is 6.05. The van der Waals surface area contributed by atoms with Gasteiger partial charge in [-0.15, -0.1) is 16.7 Å². The van der Waals surface area contributed by atoms with E-state index in [4.69, 9.17) is 11.6 Å². The van der Waals surface area contributed by atoms with Gasteiger partial charge in [0.25, 0.3) is 0 Å². The van der Waals surface area contributed by atoms with Gasteiger partial charge in [-0.05, 0) is 44.2 Å². The summed E-state index contributed by atoms with van der Waals surface area (Å²) in [5, 5.41) is 11.7. The summed E-state index contributed by atoms with van der Waals surface area (Å²) < 4.78 is 0. The van der Waals surface area contributed by atoms with Gasteiger partial charge in [0.2, 0.25) is 0 Å². The molecule has 2 unspecified atom stereocenters. The number of aromatic nitrogens is 2. The molecule has 2 rings (SSSR count). The molecule has 1 N–H and O–H groups in total. The summed E-state index contributed by atoms with van der Waals surface area (Å²) in [5.74, 6) is 1.55. The van der Waals surface area contributed by atoms with E-state index in [0.717, 1.165) is 30.9 Å². The second kappa shape index (κ2) is 4.79. The van der Waals surface area contributed by atoms with Crippen molar-refractivity contribution in [2.24, 2.45) is 5.92 Å². The van der Waals surface area contributed by atoms with Crippen molar-refractivity contribution < 1.29 is 0 Å². The van der Waals surface area contributed by atoms with E-state index < -0.39 is 0 Å². The first-order valence-corrected chi connectivity index (χ1v) is 5.86. The molecule has 2 atom stereocenters. The van der Waals surface area contributed by atoms with Crippen LogP contribution in [-0.4, -0.2) is 22.1 Å². The van der Waals surface area contributed by atoms with Crippen LogP contribution in [0.1, 0.15) is 25.0 Å². The summed E-state index contributed by atoms with van der Waals surface area (Å²) in [4.78, 5) is 0. The summed E-state index contributed by atoms with van der Waals surface area (Å²) in [6, 6.07) is 3.93. The number of aryl methyl sites for hydroxylation is 1. The highest BCUT2D eigenvalue weighted by atomic mass is 35.5. The number of rotatable bonds is 3. The predicted octanol–water partition coefficient (Wildman–Crippen LogP) is 2.60. The van der Waals surface area contributed by atoms with Crippen LogP contribution < -0.4 is 5.32 Å². The number of hydrogen-bond donors (Lipinski definition) is 1. The molecule has 0 bridgehead atoms. The van der Waals surface area contributed by atoms with Crippen LogP contribution in [0.2, 0.25) is 0 Å². The van der Waals surface area contributed by atoms with Crippen molar-refractivity contribution in [1.29, 1.82) is 0 Å². The van der Waals surface area contributed by atoms with E-state index in [9.17, 15) is 0 Å². The van der Waals surface area contributed by atoms with E-state index in [1.807, 2.05) is 19.1 Å². The molecule has 0 spiro atoms. The van der Waals surface area contributed by atoms with Gasteiger partial charge in [0.15, 0.2) is 0 Å². The van der Waals surface area contributed by atoms with Gasteiger partial charge in [-0.1, -0.05) is 0 Å². The van der Waals surface area contributed by atoms with Crippen molar-refractivity contribution in [3.05, 3.63) is 17.8 Å². The second-order valence-electron chi connectivity index (χ2n) is 4.22. The maximum atomic E-state index is 6.05. The lowest BCUT2D eigenvalue weighted by Gasteiger charge is -2.10. The fourth-order valence-corrected chi connectivity index (χ4v) is 2.32. The molecule has 0 aliphatic heterocycles. The van der Waals surface area contributed by atoms with E-state index in [1.54, 1.807) is 0 Å². The minimum Gasteiger partial charge on any atom is -0.368 e. The summed E-state index contributed by atoms with van der Waals surface area (Å²) in [6.45, 7) is 2.90. The summed E-state index contributed by atoms with van der Waals surface area (Å²) in [5.41, 5.74) is 0.947. The topological polar surface area (TPSA) is 37.8 Å². The zero-order valence-corrected chi connectivity index (χ0v) is 9.67. The Morgan fingerprint density at radius 3 is 2.87 bits per heavy atom. The Hall–Kier alpha value is -0.830. The molecule has 15 heavy (non-hydrogen) atoms. The molecular weight excluding hydrogens is 210 g/mol. The smallest absolute Gasteiger partial charge is 0.148 e. The van der Waals surface area contributed by atoms with Crippen molar-refractivity contribution in [2.75, 3.05) is 11.9 Å². The van der Waals surface area contributed by atoms with Gasteiger partial charge in [-0.25, -0.2) is 0 Å². The fraction of sp³-hybridized carbons (Fsp3) is 0.636. The highest BCUT2D eigenvalue weighted by Gasteiger charge is 2.22. The molecule has 1 heterocycles. The SMILES string of the molecule is Cc1ccc(NCC2CCC(Cl)C2)nn1. The third-order valence-electron chi connectivity index (χ3n) is 2.85. The van der Waals surface area contributed by atoms with Crippen LogP contribution in [0, 0.1) is 12.8 Å². The Kier molecular flexibility index (Phi) is 3.41. The number of alkyl halides is 1. The molecule has 1 saturated carbocycles. The first-order valence-electron chi connectivity index (χ1n) is 5.42. The molecule has 0 aromatic carbocycles. The number of halogens is 1. The number of anilines is 1. The molecule has 1 aromatic heterocycles. The van der Waals surface area contributed by atoms with Crippen LogP contribution in [0.15, 0.2) is 12.1 Å². The Labute approximate surface area is 95.2 Å². The molecule has 0 amide bonds. The van der Waals surface area contributed by atoms with Crippen LogP contribution in [0.25, 0.3) is 0 Å². The number of hydrogen-bond acceptors (Lipinski definition) is 3. The van der Waals surface area contributed by atoms with Crippen molar-refractivity contribution in [1.82, 2.24) is 10.2 Å². The molecule has 0 saturated heterocycles. The molecular formula is C11H16ClN3. The van der Waals surface area contributed by atoms with Gasteiger partial charge in [-0.2, -0.15) is 5.10 Å². The minimum atomic E-state index is 0.376. The first kappa shape index (κ1) is 10.7. The molecule has 1 aromatic rings. The Balaban J connectivity index is 1.80. The average Bonchev–Trinajstić information content (AvgIpc) is 2.64. The van der Waals surface area contributed by atoms with Gasteiger partial charge in [0.1, 0.15) is 5.82 Å². The predicted molar refractivity (Wildman–Crippen MR) is 62.2 cm³/mol. The third kappa shape index (κ3) is 3.06. The molecule has 0 radical (unpaired) electrons. The summed E-state index contributed by atoms with van der Waals surface area (Å²) in [6.07, 6.45) is 3.49. The van der Waals surface area contributed by atoms with E-state index in [1.165, 1.54) is 6.42 Å². The number of nitrogens with one attached hydrogen (secondary N) is 1. The van der Waals surface area contributed by atoms with Gasteiger partial charge in [-0.3, -0.25) is 0 Å². The summed E-state index contributed by atoms with van der Waals surface area (Å²) in [7, 11) is 0. The van der Waals surface area contributed by atoms with Crippen molar-refractivity contribution in [3.63, 3.8) is 0 Å². The highest BCUT2D eigenvalue weighted by molar-refractivity contribution is 6.20. The standard InChI is InChI=1S/C11H16ClN3/c1-8-2-5-11(15-14-8)13-7-9-3-4-10(12)6-9/h2,5,9-10H,3-4,6-7H2,1H3,(H,13,15). The summed E-state index contributed by atoms with van der Waals surface area (Å²) >= 11 is 6.05. The Bertz CT molecular complexity index is 312. The second-order valence-corrected chi connectivity index (χ2v) is 4.83. The van der Waals surface area contributed by atoms with Crippen LogP contribution in [0.3, 0.4) is 0 Å². The number of nitrogens with zero attached hydrogens (tertiary/aromatic N) is 2. The first-order chi connectivity index (χ1) is 7.24. The van der Waals surface area contributed by atoms with E-state index in [-0.39, 0.29) is 0 Å². The van der Waals surface area contributed by atoms with Crippen molar-refractivity contribution in [3.8, 4) is 0 Å². The van der Waals surface area contributed by atoms with Gasteiger partial charge in [0, 0.05) is 11.9 Å². The van der Waals surface area contributed by atoms with Crippen LogP contribution in [0.5, 0.6) is 0 Å². The Morgan fingerprint density at radius 1 is 1.40 bits per heavy atom. The van der Waals surface area contributed by atoms with Crippen molar-refractivity contribution >= 4 is 17.4 Å². The highest BCUT2D eigenvalue weighted by Crippen LogP contribution is 2.29. The molecule has 1 aliphatic carbocycles.